The number of carbonyl (C=O) groups excluding carboxylic acids is 4. The lowest BCUT2D eigenvalue weighted by Gasteiger charge is -2.38. The van der Waals surface area contributed by atoms with Crippen LogP contribution in [-0.4, -0.2) is 59.1 Å². The first-order chi connectivity index (χ1) is 13.5. The number of primary amides is 1. The van der Waals surface area contributed by atoms with Gasteiger partial charge in [-0.2, -0.15) is 0 Å². The SMILES string of the molecule is NC(=O)C(=O)N1CCN2C(=O)c3cc(-c4ccccc4)ccc3NC(=O)C2C1. The van der Waals surface area contributed by atoms with Gasteiger partial charge in [0.2, 0.25) is 5.91 Å². The van der Waals surface area contributed by atoms with Crippen LogP contribution < -0.4 is 11.1 Å². The summed E-state index contributed by atoms with van der Waals surface area (Å²) in [4.78, 5) is 51.6. The van der Waals surface area contributed by atoms with Crippen LogP contribution in [0.15, 0.2) is 48.5 Å². The van der Waals surface area contributed by atoms with Crippen molar-refractivity contribution in [2.75, 3.05) is 25.0 Å². The number of carbonyl (C=O) groups is 4. The molecule has 0 bridgehead atoms. The number of fused-ring (bicyclic) bond motifs is 2. The molecule has 0 saturated carbocycles. The van der Waals surface area contributed by atoms with Crippen LogP contribution in [0.4, 0.5) is 5.69 Å². The Kier molecular flexibility index (Phi) is 4.31. The number of nitrogens with two attached hydrogens (primary N) is 1. The van der Waals surface area contributed by atoms with Crippen LogP contribution in [0.1, 0.15) is 10.4 Å². The van der Waals surface area contributed by atoms with Crippen LogP contribution >= 0.6 is 0 Å². The van der Waals surface area contributed by atoms with Gasteiger partial charge in [-0.15, -0.1) is 0 Å². The lowest BCUT2D eigenvalue weighted by atomic mass is 10.0. The third-order valence-corrected chi connectivity index (χ3v) is 5.06. The summed E-state index contributed by atoms with van der Waals surface area (Å²) >= 11 is 0. The normalized spacial score (nSPS) is 18.6. The smallest absolute Gasteiger partial charge is 0.311 e. The van der Waals surface area contributed by atoms with Gasteiger partial charge < -0.3 is 20.9 Å². The van der Waals surface area contributed by atoms with E-state index in [0.29, 0.717) is 11.3 Å². The Balaban J connectivity index is 1.67. The molecule has 0 aromatic heterocycles. The molecular formula is C20H18N4O4. The maximum atomic E-state index is 13.1. The topological polar surface area (TPSA) is 113 Å². The Bertz CT molecular complexity index is 989. The van der Waals surface area contributed by atoms with Crippen molar-refractivity contribution >= 4 is 29.3 Å². The average Bonchev–Trinajstić information content (AvgIpc) is 2.82. The molecule has 28 heavy (non-hydrogen) atoms. The van der Waals surface area contributed by atoms with E-state index in [1.807, 2.05) is 36.4 Å². The van der Waals surface area contributed by atoms with E-state index in [1.54, 1.807) is 12.1 Å². The molecule has 8 heteroatoms. The summed E-state index contributed by atoms with van der Waals surface area (Å²) in [7, 11) is 0. The van der Waals surface area contributed by atoms with Gasteiger partial charge >= 0.3 is 11.8 Å². The number of hydrogen-bond acceptors (Lipinski definition) is 4. The lowest BCUT2D eigenvalue weighted by Crippen LogP contribution is -2.60. The molecule has 1 unspecified atom stereocenters. The van der Waals surface area contributed by atoms with E-state index in [0.717, 1.165) is 11.1 Å². The van der Waals surface area contributed by atoms with Crippen LogP contribution in [0.25, 0.3) is 11.1 Å². The molecule has 2 heterocycles. The molecule has 1 atom stereocenters. The number of nitrogens with zero attached hydrogens (tertiary/aromatic N) is 2. The molecule has 3 N–H and O–H groups in total. The van der Waals surface area contributed by atoms with E-state index in [-0.39, 0.29) is 25.5 Å². The molecule has 2 aliphatic heterocycles. The zero-order valence-electron chi connectivity index (χ0n) is 14.9. The molecular weight excluding hydrogens is 360 g/mol. The molecule has 8 nitrogen and oxygen atoms in total. The Morgan fingerprint density at radius 1 is 1.00 bits per heavy atom. The van der Waals surface area contributed by atoms with Gasteiger partial charge in [0.25, 0.3) is 5.91 Å². The van der Waals surface area contributed by atoms with Crippen LogP contribution in [0, 0.1) is 0 Å². The van der Waals surface area contributed by atoms with Gasteiger partial charge in [0.05, 0.1) is 17.8 Å². The highest BCUT2D eigenvalue weighted by Gasteiger charge is 2.41. The first kappa shape index (κ1) is 17.7. The summed E-state index contributed by atoms with van der Waals surface area (Å²) in [6.45, 7) is 0.217. The van der Waals surface area contributed by atoms with Gasteiger partial charge in [-0.05, 0) is 23.3 Å². The molecule has 1 saturated heterocycles. The molecule has 0 spiro atoms. The molecule has 0 aliphatic carbocycles. The highest BCUT2D eigenvalue weighted by Crippen LogP contribution is 2.30. The van der Waals surface area contributed by atoms with Crippen molar-refractivity contribution in [2.45, 2.75) is 6.04 Å². The molecule has 4 rings (SSSR count). The van der Waals surface area contributed by atoms with Crippen molar-refractivity contribution in [1.29, 1.82) is 0 Å². The second kappa shape index (κ2) is 6.80. The molecule has 0 radical (unpaired) electrons. The monoisotopic (exact) mass is 378 g/mol. The zero-order valence-corrected chi connectivity index (χ0v) is 14.9. The fourth-order valence-corrected chi connectivity index (χ4v) is 3.60. The lowest BCUT2D eigenvalue weighted by molar-refractivity contribution is -0.146. The number of benzene rings is 2. The van der Waals surface area contributed by atoms with Gasteiger partial charge in [-0.3, -0.25) is 19.2 Å². The number of rotatable bonds is 1. The average molecular weight is 378 g/mol. The summed E-state index contributed by atoms with van der Waals surface area (Å²) in [5.74, 6) is -2.62. The van der Waals surface area contributed by atoms with Crippen molar-refractivity contribution in [3.63, 3.8) is 0 Å². The summed E-state index contributed by atoms with van der Waals surface area (Å²) in [6.07, 6.45) is 0. The summed E-state index contributed by atoms with van der Waals surface area (Å²) in [5.41, 5.74) is 7.70. The minimum absolute atomic E-state index is 0.0706. The number of nitrogens with one attached hydrogen (secondary N) is 1. The van der Waals surface area contributed by atoms with E-state index >= 15 is 0 Å². The summed E-state index contributed by atoms with van der Waals surface area (Å²) < 4.78 is 0. The molecule has 142 valence electrons. The van der Waals surface area contributed by atoms with Gasteiger partial charge in [-0.25, -0.2) is 0 Å². The van der Waals surface area contributed by atoms with Gasteiger partial charge in [-0.1, -0.05) is 36.4 Å². The molecule has 1 fully saturated rings. The molecule has 4 amide bonds. The number of amides is 4. The molecule has 2 aromatic rings. The predicted octanol–water partition coefficient (Wildman–Crippen LogP) is 0.444. The van der Waals surface area contributed by atoms with E-state index in [2.05, 4.69) is 5.32 Å². The summed E-state index contributed by atoms with van der Waals surface area (Å²) in [5, 5.41) is 2.76. The molecule has 2 aromatic carbocycles. The minimum Gasteiger partial charge on any atom is -0.361 e. The third kappa shape index (κ3) is 2.98. The third-order valence-electron chi connectivity index (χ3n) is 5.06. The number of piperazine rings is 1. The Morgan fingerprint density at radius 2 is 1.75 bits per heavy atom. The zero-order chi connectivity index (χ0) is 19.8. The summed E-state index contributed by atoms with van der Waals surface area (Å²) in [6, 6.07) is 14.1. The first-order valence-corrected chi connectivity index (χ1v) is 8.85. The van der Waals surface area contributed by atoms with Gasteiger partial charge in [0.15, 0.2) is 0 Å². The standard InChI is InChI=1S/C20H18N4O4/c21-17(25)20(28)23-8-9-24-16(11-23)18(26)22-15-7-6-13(10-14(15)19(24)27)12-4-2-1-3-5-12/h1-7,10,16H,8-9,11H2,(H2,21,25)(H,22,26). The molecule has 2 aliphatic rings. The highest BCUT2D eigenvalue weighted by atomic mass is 16.2. The predicted molar refractivity (Wildman–Crippen MR) is 101 cm³/mol. The number of anilines is 1. The fourth-order valence-electron chi connectivity index (χ4n) is 3.60. The van der Waals surface area contributed by atoms with Crippen molar-refractivity contribution in [1.82, 2.24) is 9.80 Å². The second-order valence-corrected chi connectivity index (χ2v) is 6.75. The van der Waals surface area contributed by atoms with Crippen molar-refractivity contribution in [3.8, 4) is 11.1 Å². The largest absolute Gasteiger partial charge is 0.361 e. The van der Waals surface area contributed by atoms with E-state index in [4.69, 9.17) is 5.73 Å². The maximum absolute atomic E-state index is 13.1. The van der Waals surface area contributed by atoms with Crippen LogP contribution in [0.5, 0.6) is 0 Å². The van der Waals surface area contributed by atoms with Crippen molar-refractivity contribution in [3.05, 3.63) is 54.1 Å². The van der Waals surface area contributed by atoms with Crippen molar-refractivity contribution < 1.29 is 19.2 Å². The van der Waals surface area contributed by atoms with Crippen LogP contribution in [-0.2, 0) is 14.4 Å². The first-order valence-electron chi connectivity index (χ1n) is 8.85. The van der Waals surface area contributed by atoms with E-state index < -0.39 is 23.8 Å². The minimum atomic E-state index is -1.08. The Hall–Kier alpha value is -3.68. The van der Waals surface area contributed by atoms with Gasteiger partial charge in [0, 0.05) is 13.1 Å². The van der Waals surface area contributed by atoms with Gasteiger partial charge in [0.1, 0.15) is 6.04 Å². The van der Waals surface area contributed by atoms with Crippen LogP contribution in [0.2, 0.25) is 0 Å². The highest BCUT2D eigenvalue weighted by molar-refractivity contribution is 6.34. The Morgan fingerprint density at radius 3 is 2.46 bits per heavy atom. The second-order valence-electron chi connectivity index (χ2n) is 6.75. The van der Waals surface area contributed by atoms with E-state index in [9.17, 15) is 19.2 Å². The maximum Gasteiger partial charge on any atom is 0.311 e. The Labute approximate surface area is 160 Å². The quantitative estimate of drug-likeness (QED) is 0.701. The van der Waals surface area contributed by atoms with E-state index in [1.165, 1.54) is 9.80 Å². The van der Waals surface area contributed by atoms with Crippen molar-refractivity contribution in [2.24, 2.45) is 5.73 Å². The van der Waals surface area contributed by atoms with Crippen LogP contribution in [0.3, 0.4) is 0 Å². The fraction of sp³-hybridized carbons (Fsp3) is 0.200. The number of hydrogen-bond donors (Lipinski definition) is 2.